The number of hydrogen-bond acceptors (Lipinski definition) is 4. The zero-order valence-corrected chi connectivity index (χ0v) is 15.4. The van der Waals surface area contributed by atoms with Crippen LogP contribution in [-0.2, 0) is 0 Å². The van der Waals surface area contributed by atoms with Crippen LogP contribution < -0.4 is 9.80 Å². The minimum absolute atomic E-state index is 0.907. The molecule has 0 heterocycles. The lowest BCUT2D eigenvalue weighted by Gasteiger charge is -2.12. The largest absolute Gasteiger partial charge is 0.378 e. The minimum atomic E-state index is 0.907. The van der Waals surface area contributed by atoms with Gasteiger partial charge in [-0.15, -0.1) is 0 Å². The summed E-state index contributed by atoms with van der Waals surface area (Å²) in [6.07, 6.45) is 0. The Kier molecular flexibility index (Phi) is 5.74. The Labute approximate surface area is 145 Å². The molecule has 0 fully saturated rings. The smallest absolute Gasteiger partial charge is 0.0671 e. The van der Waals surface area contributed by atoms with Crippen molar-refractivity contribution in [2.45, 2.75) is 13.8 Å². The van der Waals surface area contributed by atoms with Crippen LogP contribution in [-0.4, -0.2) is 39.6 Å². The van der Waals surface area contributed by atoms with E-state index in [-0.39, 0.29) is 0 Å². The molecule has 0 bridgehead atoms. The molecule has 2 rings (SSSR count). The maximum atomic E-state index is 4.38. The molecule has 2 aromatic carbocycles. The van der Waals surface area contributed by atoms with Gasteiger partial charge in [0.1, 0.15) is 0 Å². The Bertz CT molecular complexity index is 658. The van der Waals surface area contributed by atoms with Crippen LogP contribution in [0.4, 0.5) is 11.4 Å². The maximum Gasteiger partial charge on any atom is 0.0671 e. The quantitative estimate of drug-likeness (QED) is 0.614. The first-order valence-electron chi connectivity index (χ1n) is 8.03. The van der Waals surface area contributed by atoms with Crippen molar-refractivity contribution in [2.75, 3.05) is 38.0 Å². The number of nitrogens with zero attached hydrogens (tertiary/aromatic N) is 4. The Morgan fingerprint density at radius 1 is 0.583 bits per heavy atom. The van der Waals surface area contributed by atoms with E-state index in [4.69, 9.17) is 0 Å². The van der Waals surface area contributed by atoms with Gasteiger partial charge in [-0.3, -0.25) is 0 Å². The van der Waals surface area contributed by atoms with Crippen LogP contribution in [0.2, 0.25) is 0 Å². The van der Waals surface area contributed by atoms with E-state index in [9.17, 15) is 0 Å². The lowest BCUT2D eigenvalue weighted by Crippen LogP contribution is -2.08. The van der Waals surface area contributed by atoms with Gasteiger partial charge < -0.3 is 9.80 Å². The summed E-state index contributed by atoms with van der Waals surface area (Å²) in [5.41, 5.74) is 6.33. The lowest BCUT2D eigenvalue weighted by atomic mass is 10.1. The van der Waals surface area contributed by atoms with E-state index in [1.165, 1.54) is 11.4 Å². The van der Waals surface area contributed by atoms with Crippen LogP contribution in [0, 0.1) is 0 Å². The second-order valence-corrected chi connectivity index (χ2v) is 6.25. The fraction of sp³-hybridized carbons (Fsp3) is 0.300. The van der Waals surface area contributed by atoms with Gasteiger partial charge in [-0.2, -0.15) is 10.2 Å². The molecular formula is C20H26N4. The van der Waals surface area contributed by atoms with E-state index in [1.54, 1.807) is 0 Å². The molecule has 4 heteroatoms. The lowest BCUT2D eigenvalue weighted by molar-refractivity contribution is 1.13. The van der Waals surface area contributed by atoms with E-state index in [1.807, 2.05) is 42.0 Å². The zero-order chi connectivity index (χ0) is 17.7. The predicted octanol–water partition coefficient (Wildman–Crippen LogP) is 4.05. The molecule has 4 nitrogen and oxygen atoms in total. The van der Waals surface area contributed by atoms with Crippen molar-refractivity contribution in [3.63, 3.8) is 0 Å². The molecule has 24 heavy (non-hydrogen) atoms. The Balaban J connectivity index is 2.15. The van der Waals surface area contributed by atoms with Gasteiger partial charge in [-0.05, 0) is 49.2 Å². The predicted molar refractivity (Wildman–Crippen MR) is 106 cm³/mol. The first-order valence-corrected chi connectivity index (χ1v) is 8.03. The molecule has 126 valence electrons. The van der Waals surface area contributed by atoms with Crippen LogP contribution in [0.25, 0.3) is 0 Å². The number of hydrogen-bond donors (Lipinski definition) is 0. The van der Waals surface area contributed by atoms with Crippen molar-refractivity contribution in [1.82, 2.24) is 0 Å². The van der Waals surface area contributed by atoms with E-state index in [2.05, 4.69) is 68.5 Å². The average molecular weight is 322 g/mol. The Hall–Kier alpha value is -2.62. The van der Waals surface area contributed by atoms with Crippen LogP contribution in [0.5, 0.6) is 0 Å². The summed E-state index contributed by atoms with van der Waals surface area (Å²) < 4.78 is 0. The summed E-state index contributed by atoms with van der Waals surface area (Å²) >= 11 is 0. The third-order valence-electron chi connectivity index (χ3n) is 3.95. The van der Waals surface area contributed by atoms with Gasteiger partial charge >= 0.3 is 0 Å². The number of benzene rings is 2. The van der Waals surface area contributed by atoms with Crippen molar-refractivity contribution in [3.05, 3.63) is 59.7 Å². The monoisotopic (exact) mass is 322 g/mol. The number of rotatable bonds is 5. The Morgan fingerprint density at radius 3 is 1.12 bits per heavy atom. The molecule has 0 atom stereocenters. The van der Waals surface area contributed by atoms with Crippen LogP contribution in [0.3, 0.4) is 0 Å². The van der Waals surface area contributed by atoms with Gasteiger partial charge in [0.2, 0.25) is 0 Å². The van der Waals surface area contributed by atoms with Gasteiger partial charge in [0.15, 0.2) is 0 Å². The molecule has 0 unspecified atom stereocenters. The van der Waals surface area contributed by atoms with E-state index >= 15 is 0 Å². The van der Waals surface area contributed by atoms with Crippen LogP contribution in [0.1, 0.15) is 25.0 Å². The second-order valence-electron chi connectivity index (χ2n) is 6.25. The van der Waals surface area contributed by atoms with E-state index in [0.29, 0.717) is 0 Å². The first-order chi connectivity index (χ1) is 11.4. The maximum absolute atomic E-state index is 4.38. The molecule has 0 aliphatic heterocycles. The second kappa shape index (κ2) is 7.77. The van der Waals surface area contributed by atoms with Gasteiger partial charge in [-0.25, -0.2) is 0 Å². The molecule has 0 aliphatic carbocycles. The molecule has 0 N–H and O–H groups in total. The number of anilines is 2. The van der Waals surface area contributed by atoms with Crippen molar-refractivity contribution >= 4 is 22.8 Å². The molecule has 0 saturated heterocycles. The summed E-state index contributed by atoms with van der Waals surface area (Å²) in [5.74, 6) is 0. The normalized spacial score (nSPS) is 12.2. The van der Waals surface area contributed by atoms with Crippen molar-refractivity contribution in [1.29, 1.82) is 0 Å². The van der Waals surface area contributed by atoms with Crippen LogP contribution in [0.15, 0.2) is 58.7 Å². The standard InChI is InChI=1S/C20H26N4/c1-15(17-7-11-19(12-8-17)23(3)4)21-22-16(2)18-9-13-20(14-10-18)24(5)6/h7-14H,1-6H3/b21-15+,22-16+. The van der Waals surface area contributed by atoms with Crippen molar-refractivity contribution in [2.24, 2.45) is 10.2 Å². The highest BCUT2D eigenvalue weighted by molar-refractivity contribution is 6.02. The van der Waals surface area contributed by atoms with E-state index < -0.39 is 0 Å². The molecule has 0 aromatic heterocycles. The van der Waals surface area contributed by atoms with Gasteiger partial charge in [0.05, 0.1) is 11.4 Å². The third-order valence-corrected chi connectivity index (χ3v) is 3.95. The Morgan fingerprint density at radius 2 is 0.875 bits per heavy atom. The van der Waals surface area contributed by atoms with Gasteiger partial charge in [0, 0.05) is 39.6 Å². The first kappa shape index (κ1) is 17.7. The average Bonchev–Trinajstić information content (AvgIpc) is 2.59. The van der Waals surface area contributed by atoms with Crippen LogP contribution >= 0.6 is 0 Å². The molecule has 0 spiro atoms. The topological polar surface area (TPSA) is 31.2 Å². The van der Waals surface area contributed by atoms with Crippen molar-refractivity contribution in [3.8, 4) is 0 Å². The SMILES string of the molecule is C/C(=N\N=C(/C)c1ccc(N(C)C)cc1)c1ccc(N(C)C)cc1. The summed E-state index contributed by atoms with van der Waals surface area (Å²) in [7, 11) is 8.13. The molecule has 0 saturated carbocycles. The minimum Gasteiger partial charge on any atom is -0.378 e. The van der Waals surface area contributed by atoms with E-state index in [0.717, 1.165) is 22.6 Å². The molecule has 0 radical (unpaired) electrons. The molecule has 0 amide bonds. The molecule has 0 aliphatic rings. The summed E-state index contributed by atoms with van der Waals surface area (Å²) in [6.45, 7) is 3.97. The molecular weight excluding hydrogens is 296 g/mol. The fourth-order valence-electron chi connectivity index (χ4n) is 2.27. The molecule has 2 aromatic rings. The third kappa shape index (κ3) is 4.44. The highest BCUT2D eigenvalue weighted by Gasteiger charge is 2.01. The highest BCUT2D eigenvalue weighted by Crippen LogP contribution is 2.14. The summed E-state index contributed by atoms with van der Waals surface area (Å²) in [5, 5.41) is 8.77. The van der Waals surface area contributed by atoms with Gasteiger partial charge in [0.25, 0.3) is 0 Å². The highest BCUT2D eigenvalue weighted by atomic mass is 15.2. The fourth-order valence-corrected chi connectivity index (χ4v) is 2.27. The zero-order valence-electron chi connectivity index (χ0n) is 15.4. The summed E-state index contributed by atoms with van der Waals surface area (Å²) in [6, 6.07) is 16.6. The summed E-state index contributed by atoms with van der Waals surface area (Å²) in [4.78, 5) is 4.16. The van der Waals surface area contributed by atoms with Crippen molar-refractivity contribution < 1.29 is 0 Å². The van der Waals surface area contributed by atoms with Gasteiger partial charge in [-0.1, -0.05) is 24.3 Å².